The number of morpholine rings is 1. The maximum Gasteiger partial charge on any atom is 0.242 e. The monoisotopic (exact) mass is 379 g/mol. The van der Waals surface area contributed by atoms with E-state index in [1.807, 2.05) is 18.2 Å². The first-order valence-corrected chi connectivity index (χ1v) is 9.63. The van der Waals surface area contributed by atoms with E-state index >= 15 is 0 Å². The van der Waals surface area contributed by atoms with Crippen molar-refractivity contribution in [3.63, 3.8) is 0 Å². The van der Waals surface area contributed by atoms with E-state index in [4.69, 9.17) is 16.3 Å². The molecule has 26 heavy (non-hydrogen) atoms. The van der Waals surface area contributed by atoms with Gasteiger partial charge in [-0.25, -0.2) is 0 Å². The zero-order valence-corrected chi connectivity index (χ0v) is 15.7. The number of benzene rings is 1. The second kappa shape index (κ2) is 9.35. The van der Waals surface area contributed by atoms with Gasteiger partial charge in [-0.15, -0.1) is 0 Å². The largest absolute Gasteiger partial charge is 0.379 e. The van der Waals surface area contributed by atoms with E-state index in [1.54, 1.807) is 11.0 Å². The Hall–Kier alpha value is -1.63. The maximum atomic E-state index is 12.6. The standard InChI is InChI=1S/C19H26ClN3O3/c20-16-5-2-1-4-15(16)14-23-17(6-7-18(23)24)19(25)21-8-3-9-22-10-12-26-13-11-22/h1-2,4-5,17H,3,6-14H2,(H,21,25). The summed E-state index contributed by atoms with van der Waals surface area (Å²) in [6, 6.07) is 7.05. The quantitative estimate of drug-likeness (QED) is 0.732. The number of hydrogen-bond acceptors (Lipinski definition) is 4. The highest BCUT2D eigenvalue weighted by atomic mass is 35.5. The van der Waals surface area contributed by atoms with Gasteiger partial charge in [0.2, 0.25) is 11.8 Å². The molecule has 6 nitrogen and oxygen atoms in total. The minimum atomic E-state index is -0.401. The molecule has 1 atom stereocenters. The molecule has 1 N–H and O–H groups in total. The first-order valence-electron chi connectivity index (χ1n) is 9.26. The summed E-state index contributed by atoms with van der Waals surface area (Å²) in [5, 5.41) is 3.61. The van der Waals surface area contributed by atoms with Crippen molar-refractivity contribution >= 4 is 23.4 Å². The van der Waals surface area contributed by atoms with Crippen LogP contribution >= 0.6 is 11.6 Å². The van der Waals surface area contributed by atoms with Gasteiger partial charge >= 0.3 is 0 Å². The molecule has 0 spiro atoms. The first-order chi connectivity index (χ1) is 12.6. The minimum Gasteiger partial charge on any atom is -0.379 e. The van der Waals surface area contributed by atoms with E-state index in [0.29, 0.717) is 31.0 Å². The molecule has 7 heteroatoms. The Morgan fingerprint density at radius 2 is 2.04 bits per heavy atom. The second-order valence-corrected chi connectivity index (χ2v) is 7.17. The van der Waals surface area contributed by atoms with E-state index < -0.39 is 6.04 Å². The Balaban J connectivity index is 1.47. The van der Waals surface area contributed by atoms with Gasteiger partial charge in [-0.2, -0.15) is 0 Å². The minimum absolute atomic E-state index is 0.0124. The molecule has 2 aliphatic rings. The number of carbonyl (C=O) groups is 2. The predicted molar refractivity (Wildman–Crippen MR) is 99.9 cm³/mol. The van der Waals surface area contributed by atoms with E-state index in [2.05, 4.69) is 10.2 Å². The predicted octanol–water partition coefficient (Wildman–Crippen LogP) is 1.67. The van der Waals surface area contributed by atoms with Gasteiger partial charge in [-0.1, -0.05) is 29.8 Å². The molecule has 1 aromatic carbocycles. The lowest BCUT2D eigenvalue weighted by molar-refractivity contribution is -0.135. The van der Waals surface area contributed by atoms with E-state index in [9.17, 15) is 9.59 Å². The van der Waals surface area contributed by atoms with Crippen molar-refractivity contribution in [3.8, 4) is 0 Å². The van der Waals surface area contributed by atoms with Gasteiger partial charge in [0.05, 0.1) is 13.2 Å². The van der Waals surface area contributed by atoms with E-state index in [-0.39, 0.29) is 11.8 Å². The summed E-state index contributed by atoms with van der Waals surface area (Å²) in [4.78, 5) is 28.8. The van der Waals surface area contributed by atoms with Gasteiger partial charge in [0, 0.05) is 37.6 Å². The van der Waals surface area contributed by atoms with Crippen LogP contribution in [0.1, 0.15) is 24.8 Å². The number of carbonyl (C=O) groups excluding carboxylic acids is 2. The first kappa shape index (κ1) is 19.1. The van der Waals surface area contributed by atoms with Gasteiger partial charge in [0.15, 0.2) is 0 Å². The van der Waals surface area contributed by atoms with Gasteiger partial charge in [0.1, 0.15) is 6.04 Å². The Morgan fingerprint density at radius 3 is 2.81 bits per heavy atom. The van der Waals surface area contributed by atoms with Crippen molar-refractivity contribution in [2.24, 2.45) is 0 Å². The molecule has 2 saturated heterocycles. The molecule has 0 aliphatic carbocycles. The number of halogens is 1. The highest BCUT2D eigenvalue weighted by Crippen LogP contribution is 2.24. The number of nitrogens with zero attached hydrogens (tertiary/aromatic N) is 2. The van der Waals surface area contributed by atoms with Crippen LogP contribution in [0, 0.1) is 0 Å². The molecule has 2 fully saturated rings. The van der Waals surface area contributed by atoms with Gasteiger partial charge in [0.25, 0.3) is 0 Å². The van der Waals surface area contributed by atoms with Crippen LogP contribution in [-0.2, 0) is 20.9 Å². The molecule has 0 bridgehead atoms. The van der Waals surface area contributed by atoms with Gasteiger partial charge in [-0.3, -0.25) is 14.5 Å². The van der Waals surface area contributed by atoms with Crippen LogP contribution in [0.2, 0.25) is 5.02 Å². The fourth-order valence-electron chi connectivity index (χ4n) is 3.47. The normalized spacial score (nSPS) is 21.2. The van der Waals surface area contributed by atoms with Crippen LogP contribution in [0.3, 0.4) is 0 Å². The number of likely N-dealkylation sites (tertiary alicyclic amines) is 1. The van der Waals surface area contributed by atoms with Crippen LogP contribution in [0.4, 0.5) is 0 Å². The maximum absolute atomic E-state index is 12.6. The number of ether oxygens (including phenoxy) is 1. The topological polar surface area (TPSA) is 61.9 Å². The van der Waals surface area contributed by atoms with Crippen molar-refractivity contribution in [3.05, 3.63) is 34.9 Å². The third-order valence-corrected chi connectivity index (χ3v) is 5.35. The summed E-state index contributed by atoms with van der Waals surface area (Å²) in [6.07, 6.45) is 1.88. The third-order valence-electron chi connectivity index (χ3n) is 4.98. The Morgan fingerprint density at radius 1 is 1.27 bits per heavy atom. The molecular weight excluding hydrogens is 354 g/mol. The summed E-state index contributed by atoms with van der Waals surface area (Å²) in [5.41, 5.74) is 0.870. The van der Waals surface area contributed by atoms with E-state index in [0.717, 1.165) is 44.8 Å². The van der Waals surface area contributed by atoms with Crippen LogP contribution in [0.5, 0.6) is 0 Å². The number of rotatable bonds is 7. The van der Waals surface area contributed by atoms with Crippen molar-refractivity contribution in [1.29, 1.82) is 0 Å². The molecule has 2 heterocycles. The van der Waals surface area contributed by atoms with Gasteiger partial charge in [-0.05, 0) is 31.0 Å². The van der Waals surface area contributed by atoms with Crippen LogP contribution in [0.25, 0.3) is 0 Å². The van der Waals surface area contributed by atoms with Crippen molar-refractivity contribution < 1.29 is 14.3 Å². The SMILES string of the molecule is O=C(NCCCN1CCOCC1)C1CCC(=O)N1Cc1ccccc1Cl. The lowest BCUT2D eigenvalue weighted by Crippen LogP contribution is -2.45. The number of amides is 2. The Bertz CT molecular complexity index is 634. The smallest absolute Gasteiger partial charge is 0.242 e. The summed E-state index contributed by atoms with van der Waals surface area (Å²) < 4.78 is 5.33. The lowest BCUT2D eigenvalue weighted by Gasteiger charge is -2.27. The molecular formula is C19H26ClN3O3. The van der Waals surface area contributed by atoms with Crippen LogP contribution in [-0.4, -0.2) is 67.0 Å². The van der Waals surface area contributed by atoms with Crippen molar-refractivity contribution in [1.82, 2.24) is 15.1 Å². The molecule has 2 aliphatic heterocycles. The van der Waals surface area contributed by atoms with Crippen molar-refractivity contribution in [2.75, 3.05) is 39.4 Å². The highest BCUT2D eigenvalue weighted by Gasteiger charge is 2.35. The number of nitrogens with one attached hydrogen (secondary N) is 1. The third kappa shape index (κ3) is 4.96. The molecule has 142 valence electrons. The average Bonchev–Trinajstić information content (AvgIpc) is 3.02. The Kier molecular flexibility index (Phi) is 6.88. The van der Waals surface area contributed by atoms with Crippen LogP contribution in [0.15, 0.2) is 24.3 Å². The molecule has 3 rings (SSSR count). The molecule has 2 amide bonds. The van der Waals surface area contributed by atoms with Crippen molar-refractivity contribution in [2.45, 2.75) is 31.8 Å². The van der Waals surface area contributed by atoms with Crippen LogP contribution < -0.4 is 5.32 Å². The highest BCUT2D eigenvalue weighted by molar-refractivity contribution is 6.31. The number of hydrogen-bond donors (Lipinski definition) is 1. The fraction of sp³-hybridized carbons (Fsp3) is 0.579. The summed E-state index contributed by atoms with van der Waals surface area (Å²) >= 11 is 6.20. The second-order valence-electron chi connectivity index (χ2n) is 6.77. The molecule has 1 aromatic rings. The zero-order chi connectivity index (χ0) is 18.4. The zero-order valence-electron chi connectivity index (χ0n) is 15.0. The lowest BCUT2D eigenvalue weighted by atomic mass is 10.1. The Labute approximate surface area is 159 Å². The summed E-state index contributed by atoms with van der Waals surface area (Å²) in [6.45, 7) is 5.44. The van der Waals surface area contributed by atoms with Gasteiger partial charge < -0.3 is 15.0 Å². The fourth-order valence-corrected chi connectivity index (χ4v) is 3.67. The molecule has 1 unspecified atom stereocenters. The molecule has 0 saturated carbocycles. The molecule has 0 aromatic heterocycles. The molecule has 0 radical (unpaired) electrons. The summed E-state index contributed by atoms with van der Waals surface area (Å²) in [5.74, 6) is -0.0525. The summed E-state index contributed by atoms with van der Waals surface area (Å²) in [7, 11) is 0. The average molecular weight is 380 g/mol. The van der Waals surface area contributed by atoms with E-state index in [1.165, 1.54) is 0 Å².